The van der Waals surface area contributed by atoms with E-state index >= 15 is 0 Å². The summed E-state index contributed by atoms with van der Waals surface area (Å²) in [6.07, 6.45) is 0.514. The van der Waals surface area contributed by atoms with E-state index in [1.165, 1.54) is 12.7 Å². The van der Waals surface area contributed by atoms with Gasteiger partial charge in [0.2, 0.25) is 13.6 Å². The number of aliphatic carboxylic acids is 2. The molecule has 0 unspecified atom stereocenters. The van der Waals surface area contributed by atoms with Gasteiger partial charge in [-0.2, -0.15) is 0 Å². The molecule has 2 rings (SSSR count). The molecule has 0 aliphatic rings. The number of nitrogen functional groups attached to an aromatic ring is 1. The van der Waals surface area contributed by atoms with Crippen LogP contribution in [0.15, 0.2) is 24.8 Å². The summed E-state index contributed by atoms with van der Waals surface area (Å²) in [5.41, 5.74) is 6.69. The number of anilines is 1. The van der Waals surface area contributed by atoms with Gasteiger partial charge >= 0.3 is 31.8 Å². The normalized spacial score (nSPS) is 11.3. The Balaban J connectivity index is 0.000000962. The van der Waals surface area contributed by atoms with Gasteiger partial charge in [-0.1, -0.05) is 0 Å². The van der Waals surface area contributed by atoms with Crippen molar-refractivity contribution in [3.05, 3.63) is 24.8 Å². The third-order valence-corrected chi connectivity index (χ3v) is 5.54. The highest BCUT2D eigenvalue weighted by molar-refractivity contribution is 7.53. The van der Waals surface area contributed by atoms with Gasteiger partial charge in [-0.3, -0.25) is 13.6 Å². The Labute approximate surface area is 239 Å². The Morgan fingerprint density at radius 3 is 1.93 bits per heavy atom. The Morgan fingerprint density at radius 2 is 1.45 bits per heavy atom. The average Bonchev–Trinajstić information content (AvgIpc) is 3.29. The number of ether oxygens (including phenoxy) is 5. The first kappa shape index (κ1) is 35.7. The van der Waals surface area contributed by atoms with E-state index in [0.717, 1.165) is 0 Å². The van der Waals surface area contributed by atoms with Crippen molar-refractivity contribution in [2.75, 3.05) is 32.3 Å². The van der Waals surface area contributed by atoms with Crippen molar-refractivity contribution in [1.82, 2.24) is 19.5 Å². The molecule has 0 bridgehead atoms. The monoisotopic (exact) mass is 621 g/mol. The third kappa shape index (κ3) is 14.9. The molecule has 0 aliphatic heterocycles. The van der Waals surface area contributed by atoms with Gasteiger partial charge in [0.25, 0.3) is 0 Å². The van der Waals surface area contributed by atoms with Gasteiger partial charge in [0.05, 0.1) is 25.1 Å². The minimum atomic E-state index is -4.02. The van der Waals surface area contributed by atoms with Crippen LogP contribution in [0.1, 0.15) is 27.7 Å². The number of hydrogen-bond donors (Lipinski definition) is 3. The van der Waals surface area contributed by atoms with Crippen LogP contribution in [0.4, 0.5) is 15.4 Å². The van der Waals surface area contributed by atoms with Gasteiger partial charge in [0.1, 0.15) is 18.2 Å². The topological polar surface area (TPSA) is 260 Å². The highest BCUT2D eigenvalue weighted by atomic mass is 31.2. The van der Waals surface area contributed by atoms with Gasteiger partial charge in [-0.05, 0) is 27.7 Å². The summed E-state index contributed by atoms with van der Waals surface area (Å²) in [5.74, 6) is -2.28. The Kier molecular flexibility index (Phi) is 15.5. The van der Waals surface area contributed by atoms with E-state index in [-0.39, 0.29) is 19.0 Å². The summed E-state index contributed by atoms with van der Waals surface area (Å²) < 4.78 is 49.1. The van der Waals surface area contributed by atoms with Gasteiger partial charge < -0.3 is 44.2 Å². The molecule has 2 heterocycles. The van der Waals surface area contributed by atoms with Crippen molar-refractivity contribution >= 4 is 48.8 Å². The van der Waals surface area contributed by atoms with E-state index in [2.05, 4.69) is 15.0 Å². The number of hydrogen-bond acceptors (Lipinski definition) is 16. The molecule has 0 atom stereocenters. The molecule has 42 heavy (non-hydrogen) atoms. The SMILES string of the molecule is CC(C)OC(=O)OCOP(=O)(COCCn1cnc2c(N)ncnc21)OCOC(=O)OC(C)C.O=C(O)/C=C/C(=O)O. The summed E-state index contributed by atoms with van der Waals surface area (Å²) in [6, 6.07) is 0. The molecule has 2 aromatic rings. The van der Waals surface area contributed by atoms with Crippen LogP contribution >= 0.6 is 7.60 Å². The molecule has 0 saturated heterocycles. The number of rotatable bonds is 15. The van der Waals surface area contributed by atoms with Crippen molar-refractivity contribution in [1.29, 1.82) is 0 Å². The predicted molar refractivity (Wildman–Crippen MR) is 140 cm³/mol. The highest BCUT2D eigenvalue weighted by Crippen LogP contribution is 2.48. The number of carbonyl (C=O) groups excluding carboxylic acids is 2. The molecule has 0 amide bonds. The summed E-state index contributed by atoms with van der Waals surface area (Å²) in [6.45, 7) is 5.35. The van der Waals surface area contributed by atoms with E-state index in [1.54, 1.807) is 32.3 Å². The lowest BCUT2D eigenvalue weighted by Crippen LogP contribution is -2.17. The zero-order chi connectivity index (χ0) is 31.7. The average molecular weight is 621 g/mol. The van der Waals surface area contributed by atoms with Crippen molar-refractivity contribution in [2.45, 2.75) is 46.4 Å². The number of nitrogens with two attached hydrogens (primary N) is 1. The smallest absolute Gasteiger partial charge is 0.478 e. The molecule has 0 aliphatic carbocycles. The van der Waals surface area contributed by atoms with Crippen LogP contribution in [0.2, 0.25) is 0 Å². The lowest BCUT2D eigenvalue weighted by molar-refractivity contribution is -0.134. The Bertz CT molecular complexity index is 1220. The van der Waals surface area contributed by atoms with Crippen LogP contribution < -0.4 is 5.73 Å². The minimum Gasteiger partial charge on any atom is -0.478 e. The number of imidazole rings is 1. The zero-order valence-electron chi connectivity index (χ0n) is 23.1. The van der Waals surface area contributed by atoms with Crippen LogP contribution in [-0.4, -0.2) is 92.7 Å². The second kappa shape index (κ2) is 18.2. The zero-order valence-corrected chi connectivity index (χ0v) is 24.0. The van der Waals surface area contributed by atoms with E-state index in [9.17, 15) is 23.7 Å². The molecule has 2 aromatic heterocycles. The second-order valence-electron chi connectivity index (χ2n) is 8.14. The maximum absolute atomic E-state index is 12.9. The molecule has 4 N–H and O–H groups in total. The molecule has 0 aromatic carbocycles. The van der Waals surface area contributed by atoms with Crippen LogP contribution in [-0.2, 0) is 53.4 Å². The summed E-state index contributed by atoms with van der Waals surface area (Å²) in [4.78, 5) is 54.2. The van der Waals surface area contributed by atoms with Crippen LogP contribution in [0.3, 0.4) is 0 Å². The van der Waals surface area contributed by atoms with E-state index < -0.39 is 64.0 Å². The number of nitrogens with zero attached hydrogens (tertiary/aromatic N) is 4. The molecule has 19 nitrogen and oxygen atoms in total. The highest BCUT2D eigenvalue weighted by Gasteiger charge is 2.27. The van der Waals surface area contributed by atoms with E-state index in [4.69, 9.17) is 48.7 Å². The van der Waals surface area contributed by atoms with Crippen molar-refractivity contribution in [3.8, 4) is 0 Å². The molecule has 234 valence electrons. The fourth-order valence-corrected chi connectivity index (χ4v) is 3.42. The van der Waals surface area contributed by atoms with Crippen molar-refractivity contribution in [2.24, 2.45) is 0 Å². The quantitative estimate of drug-likeness (QED) is 0.0847. The molecular formula is C22H32N5O14P. The first-order valence-corrected chi connectivity index (χ1v) is 13.6. The van der Waals surface area contributed by atoms with Gasteiger partial charge in [-0.25, -0.2) is 34.1 Å². The maximum atomic E-state index is 12.9. The standard InChI is InChI=1S/C18H28N5O10P.C4H4O4/c1-12(2)32-17(24)28-9-30-34(26,31-10-29-18(25)33-13(3)4)11-27-6-5-23-8-22-14-15(19)20-7-21-16(14)23;5-3(6)1-2-4(7)8/h7-8,12-13H,5-6,9-11H2,1-4H3,(H2,19,20,21);1-2H,(H,5,6)(H,7,8)/b;2-1+. The number of carboxylic acid groups (broad SMARTS) is 2. The van der Waals surface area contributed by atoms with Crippen LogP contribution in [0.25, 0.3) is 11.2 Å². The first-order chi connectivity index (χ1) is 19.7. The van der Waals surface area contributed by atoms with Gasteiger partial charge in [-0.15, -0.1) is 0 Å². The molecule has 0 radical (unpaired) electrons. The first-order valence-electron chi connectivity index (χ1n) is 11.9. The predicted octanol–water partition coefficient (Wildman–Crippen LogP) is 2.36. The van der Waals surface area contributed by atoms with Gasteiger partial charge in [0, 0.05) is 18.7 Å². The van der Waals surface area contributed by atoms with Crippen molar-refractivity contribution in [3.63, 3.8) is 0 Å². The second-order valence-corrected chi connectivity index (χ2v) is 10.1. The Hall–Kier alpha value is -4.32. The lowest BCUT2D eigenvalue weighted by Gasteiger charge is -2.18. The van der Waals surface area contributed by atoms with Gasteiger partial charge in [0.15, 0.2) is 11.5 Å². The summed E-state index contributed by atoms with van der Waals surface area (Å²) >= 11 is 0. The summed E-state index contributed by atoms with van der Waals surface area (Å²) in [5, 5.41) is 15.6. The van der Waals surface area contributed by atoms with Crippen molar-refractivity contribution < 1.29 is 66.7 Å². The largest absolute Gasteiger partial charge is 0.510 e. The molecule has 20 heteroatoms. The third-order valence-electron chi connectivity index (χ3n) is 4.04. The van der Waals surface area contributed by atoms with Crippen LogP contribution in [0, 0.1) is 0 Å². The Morgan fingerprint density at radius 1 is 0.929 bits per heavy atom. The summed E-state index contributed by atoms with van der Waals surface area (Å²) in [7, 11) is -4.02. The van der Waals surface area contributed by atoms with E-state index in [0.29, 0.717) is 23.3 Å². The molecule has 0 fully saturated rings. The number of fused-ring (bicyclic) bond motifs is 1. The molecule has 0 saturated carbocycles. The lowest BCUT2D eigenvalue weighted by atomic mass is 10.5. The fourth-order valence-electron chi connectivity index (χ4n) is 2.42. The maximum Gasteiger partial charge on any atom is 0.510 e. The number of aromatic nitrogens is 4. The molecular weight excluding hydrogens is 589 g/mol. The number of carboxylic acids is 2. The minimum absolute atomic E-state index is 0.0541. The molecule has 0 spiro atoms. The van der Waals surface area contributed by atoms with E-state index in [1.807, 2.05) is 0 Å². The number of carbonyl (C=O) groups is 4. The van der Waals surface area contributed by atoms with Crippen LogP contribution in [0.5, 0.6) is 0 Å². The fraction of sp³-hybridized carbons (Fsp3) is 0.500.